The molecule has 0 spiro atoms. The molecule has 0 bridgehead atoms. The largest absolute Gasteiger partial charge is 0.497 e. The third kappa shape index (κ3) is 5.24. The quantitative estimate of drug-likeness (QED) is 0.284. The molecule has 1 N–H and O–H groups in total. The number of para-hydroxylation sites is 1. The molecule has 4 rings (SSSR count). The molecule has 3 aromatic carbocycles. The van der Waals surface area contributed by atoms with Crippen LogP contribution in [-0.2, 0) is 26.1 Å². The van der Waals surface area contributed by atoms with Crippen LogP contribution < -0.4 is 19.1 Å². The third-order valence-corrected chi connectivity index (χ3v) is 6.99. The van der Waals surface area contributed by atoms with Crippen LogP contribution in [0, 0.1) is 6.92 Å². The molecule has 37 heavy (non-hydrogen) atoms. The minimum absolute atomic E-state index is 0.0704. The number of aryl methyl sites for hydroxylation is 2. The predicted molar refractivity (Wildman–Crippen MR) is 137 cm³/mol. The van der Waals surface area contributed by atoms with Crippen LogP contribution in [0.1, 0.15) is 23.6 Å². The number of barbiturate groups is 1. The van der Waals surface area contributed by atoms with Crippen molar-refractivity contribution in [3.05, 3.63) is 89.0 Å². The number of rotatable bonds is 7. The Hall–Kier alpha value is -4.44. The van der Waals surface area contributed by atoms with Crippen LogP contribution in [0.4, 0.5) is 10.5 Å². The van der Waals surface area contributed by atoms with Crippen molar-refractivity contribution in [1.82, 2.24) is 5.32 Å². The number of nitrogens with zero attached hydrogens (tertiary/aromatic N) is 1. The van der Waals surface area contributed by atoms with Gasteiger partial charge < -0.3 is 8.92 Å². The van der Waals surface area contributed by atoms with Crippen molar-refractivity contribution in [1.29, 1.82) is 0 Å². The summed E-state index contributed by atoms with van der Waals surface area (Å²) >= 11 is 0. The first kappa shape index (κ1) is 25.6. The van der Waals surface area contributed by atoms with Gasteiger partial charge in [-0.1, -0.05) is 42.8 Å². The highest BCUT2D eigenvalue weighted by Crippen LogP contribution is 2.32. The normalized spacial score (nSPS) is 15.1. The van der Waals surface area contributed by atoms with E-state index in [1.54, 1.807) is 36.4 Å². The molecular weight excluding hydrogens is 496 g/mol. The van der Waals surface area contributed by atoms with Gasteiger partial charge in [-0.15, -0.1) is 0 Å². The number of urea groups is 1. The maximum Gasteiger partial charge on any atom is 0.339 e. The number of anilines is 1. The Morgan fingerprint density at radius 1 is 0.973 bits per heavy atom. The van der Waals surface area contributed by atoms with Crippen LogP contribution in [0.15, 0.2) is 77.2 Å². The van der Waals surface area contributed by atoms with Crippen molar-refractivity contribution in [3.8, 4) is 11.5 Å². The van der Waals surface area contributed by atoms with Crippen LogP contribution in [0.3, 0.4) is 0 Å². The summed E-state index contributed by atoms with van der Waals surface area (Å²) in [5.41, 5.74) is 1.70. The summed E-state index contributed by atoms with van der Waals surface area (Å²) in [6.45, 7) is 3.70. The van der Waals surface area contributed by atoms with Gasteiger partial charge >= 0.3 is 16.1 Å². The first-order chi connectivity index (χ1) is 17.6. The Bertz CT molecular complexity index is 1530. The van der Waals surface area contributed by atoms with E-state index >= 15 is 0 Å². The van der Waals surface area contributed by atoms with E-state index in [9.17, 15) is 22.8 Å². The molecule has 0 radical (unpaired) electrons. The lowest BCUT2D eigenvalue weighted by atomic mass is 10.0. The van der Waals surface area contributed by atoms with Crippen molar-refractivity contribution < 1.29 is 31.7 Å². The first-order valence-corrected chi connectivity index (χ1v) is 12.7. The summed E-state index contributed by atoms with van der Waals surface area (Å²) in [6.07, 6.45) is 1.73. The molecule has 0 unspecified atom stereocenters. The van der Waals surface area contributed by atoms with E-state index in [1.807, 2.05) is 13.8 Å². The Kier molecular flexibility index (Phi) is 7.12. The number of hydrogen-bond donors (Lipinski definition) is 1. The number of ether oxygens (including phenoxy) is 1. The molecule has 1 saturated heterocycles. The number of carbonyl (C=O) groups is 3. The molecule has 190 valence electrons. The number of nitrogens with one attached hydrogen (secondary N) is 1. The van der Waals surface area contributed by atoms with Gasteiger partial charge in [0.05, 0.1) is 12.8 Å². The van der Waals surface area contributed by atoms with E-state index in [-0.39, 0.29) is 21.8 Å². The summed E-state index contributed by atoms with van der Waals surface area (Å²) in [5.74, 6) is -1.63. The Morgan fingerprint density at radius 3 is 2.35 bits per heavy atom. The van der Waals surface area contributed by atoms with Crippen molar-refractivity contribution in [2.24, 2.45) is 0 Å². The number of imide groups is 2. The maximum atomic E-state index is 13.4. The summed E-state index contributed by atoms with van der Waals surface area (Å²) in [7, 11) is -2.85. The SMILES string of the molecule is CCc1ccccc1N1C(=O)NC(=O)/C(=C/c2ccc(OC)cc2OS(=O)(=O)c2ccc(C)cc2)C1=O. The fraction of sp³-hybridized carbons (Fsp3) is 0.148. The molecule has 0 aromatic heterocycles. The molecule has 1 fully saturated rings. The first-order valence-electron chi connectivity index (χ1n) is 11.3. The van der Waals surface area contributed by atoms with Crippen molar-refractivity contribution in [2.45, 2.75) is 25.2 Å². The number of carbonyl (C=O) groups excluding carboxylic acids is 3. The highest BCUT2D eigenvalue weighted by Gasteiger charge is 2.37. The zero-order chi connectivity index (χ0) is 26.7. The van der Waals surface area contributed by atoms with Gasteiger partial charge in [0.15, 0.2) is 5.75 Å². The molecule has 3 aromatic rings. The summed E-state index contributed by atoms with van der Waals surface area (Å²) in [6, 6.07) is 16.4. The molecule has 4 amide bonds. The van der Waals surface area contributed by atoms with Crippen molar-refractivity contribution in [2.75, 3.05) is 12.0 Å². The summed E-state index contributed by atoms with van der Waals surface area (Å²) < 4.78 is 36.5. The Labute approximate surface area is 214 Å². The second-order valence-electron chi connectivity index (χ2n) is 8.19. The van der Waals surface area contributed by atoms with Crippen LogP contribution in [0.25, 0.3) is 6.08 Å². The second kappa shape index (κ2) is 10.3. The second-order valence-corrected chi connectivity index (χ2v) is 9.74. The van der Waals surface area contributed by atoms with Crippen LogP contribution in [-0.4, -0.2) is 33.4 Å². The minimum atomic E-state index is -4.25. The van der Waals surface area contributed by atoms with Crippen LogP contribution >= 0.6 is 0 Å². The lowest BCUT2D eigenvalue weighted by molar-refractivity contribution is -0.122. The predicted octanol–water partition coefficient (Wildman–Crippen LogP) is 4.00. The summed E-state index contributed by atoms with van der Waals surface area (Å²) in [4.78, 5) is 39.5. The van der Waals surface area contributed by atoms with Gasteiger partial charge in [0.2, 0.25) is 0 Å². The minimum Gasteiger partial charge on any atom is -0.497 e. The topological polar surface area (TPSA) is 119 Å². The van der Waals surface area contributed by atoms with Gasteiger partial charge in [-0.25, -0.2) is 9.69 Å². The van der Waals surface area contributed by atoms with Gasteiger partial charge in [0.25, 0.3) is 11.8 Å². The van der Waals surface area contributed by atoms with Crippen LogP contribution in [0.2, 0.25) is 0 Å². The van der Waals surface area contributed by atoms with Gasteiger partial charge in [0, 0.05) is 11.6 Å². The average Bonchev–Trinajstić information content (AvgIpc) is 2.87. The average molecular weight is 521 g/mol. The van der Waals surface area contributed by atoms with Gasteiger partial charge in [0.1, 0.15) is 16.2 Å². The molecule has 9 nitrogen and oxygen atoms in total. The zero-order valence-corrected chi connectivity index (χ0v) is 21.2. The molecular formula is C27H24N2O7S. The Balaban J connectivity index is 1.77. The lowest BCUT2D eigenvalue weighted by Crippen LogP contribution is -2.54. The zero-order valence-electron chi connectivity index (χ0n) is 20.3. The van der Waals surface area contributed by atoms with Crippen molar-refractivity contribution in [3.63, 3.8) is 0 Å². The number of hydrogen-bond acceptors (Lipinski definition) is 7. The van der Waals surface area contributed by atoms with E-state index < -0.39 is 28.0 Å². The van der Waals surface area contributed by atoms with E-state index in [0.29, 0.717) is 17.9 Å². The molecule has 10 heteroatoms. The molecule has 0 aliphatic carbocycles. The maximum absolute atomic E-state index is 13.4. The van der Waals surface area contributed by atoms with Gasteiger partial charge in [-0.2, -0.15) is 8.42 Å². The highest BCUT2D eigenvalue weighted by molar-refractivity contribution is 7.87. The van der Waals surface area contributed by atoms with Crippen molar-refractivity contribution >= 4 is 39.7 Å². The molecule has 1 aliphatic rings. The smallest absolute Gasteiger partial charge is 0.339 e. The molecule has 0 atom stereocenters. The number of amides is 4. The standard InChI is InChI=1S/C27H24N2O7S/c1-4-18-7-5-6-8-23(18)29-26(31)22(25(30)28-27(29)32)15-19-11-12-20(35-3)16-24(19)36-37(33,34)21-13-9-17(2)10-14-21/h5-16H,4H2,1-3H3,(H,28,30,32)/b22-15-. The monoisotopic (exact) mass is 520 g/mol. The van der Waals surface area contributed by atoms with Crippen LogP contribution in [0.5, 0.6) is 11.5 Å². The lowest BCUT2D eigenvalue weighted by Gasteiger charge is -2.28. The molecule has 1 heterocycles. The van der Waals surface area contributed by atoms with Gasteiger partial charge in [-0.05, 0) is 55.3 Å². The third-order valence-electron chi connectivity index (χ3n) is 5.74. The Morgan fingerprint density at radius 2 is 1.68 bits per heavy atom. The fourth-order valence-electron chi connectivity index (χ4n) is 3.76. The van der Waals surface area contributed by atoms with E-state index in [2.05, 4.69) is 5.32 Å². The van der Waals surface area contributed by atoms with E-state index in [4.69, 9.17) is 8.92 Å². The van der Waals surface area contributed by atoms with Gasteiger partial charge in [-0.3, -0.25) is 14.9 Å². The highest BCUT2D eigenvalue weighted by atomic mass is 32.2. The van der Waals surface area contributed by atoms with E-state index in [1.165, 1.54) is 43.5 Å². The molecule has 1 aliphatic heterocycles. The fourth-order valence-corrected chi connectivity index (χ4v) is 4.71. The molecule has 0 saturated carbocycles. The number of benzene rings is 3. The number of methoxy groups -OCH3 is 1. The summed E-state index contributed by atoms with van der Waals surface area (Å²) in [5, 5.41) is 2.18. The van der Waals surface area contributed by atoms with E-state index in [0.717, 1.165) is 16.0 Å².